The highest BCUT2D eigenvalue weighted by Gasteiger charge is 2.24. The van der Waals surface area contributed by atoms with Gasteiger partial charge in [-0.2, -0.15) is 0 Å². The van der Waals surface area contributed by atoms with Crippen LogP contribution in [-0.2, 0) is 26.2 Å². The van der Waals surface area contributed by atoms with Crippen molar-refractivity contribution < 1.29 is 19.0 Å². The normalized spacial score (nSPS) is 14.1. The Bertz CT molecular complexity index is 1240. The van der Waals surface area contributed by atoms with Crippen LogP contribution in [0.3, 0.4) is 0 Å². The molecule has 1 aliphatic carbocycles. The highest BCUT2D eigenvalue weighted by Crippen LogP contribution is 2.41. The van der Waals surface area contributed by atoms with Gasteiger partial charge >= 0.3 is 0 Å². The minimum Gasteiger partial charge on any atom is -0.485 e. The van der Waals surface area contributed by atoms with Crippen molar-refractivity contribution in [3.63, 3.8) is 0 Å². The number of halogens is 1. The molecule has 4 aromatic carbocycles. The second-order valence-electron chi connectivity index (χ2n) is 9.62. The maximum atomic E-state index is 11.7. The Morgan fingerprint density at radius 3 is 1.95 bits per heavy atom. The molecule has 2 N–H and O–H groups in total. The maximum absolute atomic E-state index is 11.7. The molecule has 1 atom stereocenters. The molecule has 5 rings (SSSR count). The molecule has 0 bridgehead atoms. The Hall–Kier alpha value is -3.67. The fourth-order valence-corrected chi connectivity index (χ4v) is 4.58. The first-order valence-corrected chi connectivity index (χ1v) is 13.7. The van der Waals surface area contributed by atoms with Crippen LogP contribution in [-0.4, -0.2) is 18.3 Å². The van der Waals surface area contributed by atoms with E-state index in [0.29, 0.717) is 19.6 Å². The molecule has 0 saturated carbocycles. The number of rotatable bonds is 11. The van der Waals surface area contributed by atoms with Crippen LogP contribution >= 0.6 is 0 Å². The lowest BCUT2D eigenvalue weighted by Crippen LogP contribution is -2.14. The molecule has 0 aliphatic heterocycles. The third-order valence-electron chi connectivity index (χ3n) is 6.65. The zero-order chi connectivity index (χ0) is 27.1. The summed E-state index contributed by atoms with van der Waals surface area (Å²) in [4.78, 5) is 0. The van der Waals surface area contributed by atoms with Crippen LogP contribution in [0, 0.1) is 0 Å². The number of ether oxygens (including phenoxy) is 2. The van der Waals surface area contributed by atoms with Crippen LogP contribution in [0.25, 0.3) is 0 Å². The van der Waals surface area contributed by atoms with E-state index >= 15 is 0 Å². The van der Waals surface area contributed by atoms with Gasteiger partial charge in [-0.05, 0) is 60.5 Å². The molecule has 0 aromatic heterocycles. The molecule has 204 valence electrons. The van der Waals surface area contributed by atoms with E-state index in [-0.39, 0.29) is 6.67 Å². The predicted molar refractivity (Wildman–Crippen MR) is 155 cm³/mol. The van der Waals surface area contributed by atoms with Gasteiger partial charge in [0.25, 0.3) is 0 Å². The topological polar surface area (TPSA) is 50.7 Å². The van der Waals surface area contributed by atoms with Crippen LogP contribution in [0.2, 0.25) is 0 Å². The first-order valence-electron chi connectivity index (χ1n) is 13.7. The van der Waals surface area contributed by atoms with Gasteiger partial charge in [-0.25, -0.2) is 0 Å². The lowest BCUT2D eigenvalue weighted by atomic mass is 9.88. The molecule has 0 radical (unpaired) electrons. The number of hydrogen-bond acceptors (Lipinski definition) is 4. The zero-order valence-electron chi connectivity index (χ0n) is 22.4. The second-order valence-corrected chi connectivity index (χ2v) is 9.62. The monoisotopic (exact) mass is 527 g/mol. The van der Waals surface area contributed by atoms with E-state index < -0.39 is 6.10 Å². The van der Waals surface area contributed by atoms with Crippen LogP contribution in [0.1, 0.15) is 53.2 Å². The molecule has 0 fully saturated rings. The third kappa shape index (κ3) is 8.95. The lowest BCUT2D eigenvalue weighted by Gasteiger charge is -2.25. The zero-order valence-corrected chi connectivity index (χ0v) is 22.4. The Kier molecular flexibility index (Phi) is 11.4. The molecule has 0 heterocycles. The van der Waals surface area contributed by atoms with Crippen LogP contribution in [0.5, 0.6) is 11.5 Å². The number of aliphatic hydroxyl groups is 1. The van der Waals surface area contributed by atoms with E-state index in [9.17, 15) is 9.50 Å². The van der Waals surface area contributed by atoms with E-state index in [1.807, 2.05) is 78.9 Å². The van der Waals surface area contributed by atoms with E-state index in [4.69, 9.17) is 9.47 Å². The number of benzene rings is 4. The summed E-state index contributed by atoms with van der Waals surface area (Å²) in [5, 5.41) is 13.5. The van der Waals surface area contributed by atoms with Crippen molar-refractivity contribution in [2.24, 2.45) is 0 Å². The summed E-state index contributed by atoms with van der Waals surface area (Å²) in [5.74, 6) is 1.51. The molecular formula is C34H38FNO3. The molecule has 0 amide bonds. The van der Waals surface area contributed by atoms with Crippen molar-refractivity contribution in [2.75, 3.05) is 13.2 Å². The average Bonchev–Trinajstić information content (AvgIpc) is 2.99. The minimum absolute atomic E-state index is 0.234. The van der Waals surface area contributed by atoms with Crippen molar-refractivity contribution in [3.05, 3.63) is 131 Å². The minimum atomic E-state index is -0.420. The van der Waals surface area contributed by atoms with E-state index in [1.165, 1.54) is 5.56 Å². The van der Waals surface area contributed by atoms with Crippen molar-refractivity contribution in [2.45, 2.75) is 51.5 Å². The van der Waals surface area contributed by atoms with E-state index in [1.54, 1.807) is 0 Å². The van der Waals surface area contributed by atoms with Crippen molar-refractivity contribution in [3.8, 4) is 11.5 Å². The number of aliphatic hydroxyl groups excluding tert-OH is 1. The summed E-state index contributed by atoms with van der Waals surface area (Å²) >= 11 is 0. The largest absolute Gasteiger partial charge is 0.485 e. The summed E-state index contributed by atoms with van der Waals surface area (Å²) in [6, 6.07) is 34.3. The standard InChI is InChI=1S/C24H24O3.C10H14FN/c25-22-13-7-12-21-20(22)14-15-23(26-16-18-8-3-1-4-9-18)24(21)27-17-19-10-5-2-6-11-19;11-7-4-8-12-9-10-5-2-1-3-6-10/h1-6,8-11,14-15,22,25H,7,12-13,16-17H2;1-3,5-6,12H,4,7-9H2. The molecule has 0 saturated heterocycles. The fourth-order valence-electron chi connectivity index (χ4n) is 4.58. The van der Waals surface area contributed by atoms with Gasteiger partial charge in [0.2, 0.25) is 0 Å². The molecule has 1 unspecified atom stereocenters. The smallest absolute Gasteiger partial charge is 0.165 e. The summed E-state index contributed by atoms with van der Waals surface area (Å²) in [6.07, 6.45) is 2.84. The Morgan fingerprint density at radius 2 is 1.33 bits per heavy atom. The van der Waals surface area contributed by atoms with Gasteiger partial charge < -0.3 is 19.9 Å². The third-order valence-corrected chi connectivity index (χ3v) is 6.65. The van der Waals surface area contributed by atoms with Gasteiger partial charge in [0, 0.05) is 12.1 Å². The van der Waals surface area contributed by atoms with Crippen LogP contribution < -0.4 is 14.8 Å². The van der Waals surface area contributed by atoms with Gasteiger partial charge in [-0.1, -0.05) is 97.1 Å². The molecule has 4 aromatic rings. The number of fused-ring (bicyclic) bond motifs is 1. The molecule has 39 heavy (non-hydrogen) atoms. The Labute approximate surface area is 231 Å². The summed E-state index contributed by atoms with van der Waals surface area (Å²) in [6.45, 7) is 2.33. The van der Waals surface area contributed by atoms with Crippen molar-refractivity contribution >= 4 is 0 Å². The van der Waals surface area contributed by atoms with Crippen molar-refractivity contribution in [1.82, 2.24) is 5.32 Å². The van der Waals surface area contributed by atoms with Gasteiger partial charge in [-0.3, -0.25) is 4.39 Å². The van der Waals surface area contributed by atoms with Gasteiger partial charge in [0.1, 0.15) is 13.2 Å². The predicted octanol–water partition coefficient (Wildman–Crippen LogP) is 7.35. The first-order chi connectivity index (χ1) is 19.2. The Morgan fingerprint density at radius 1 is 0.744 bits per heavy atom. The number of hydrogen-bond donors (Lipinski definition) is 2. The molecule has 5 heteroatoms. The van der Waals surface area contributed by atoms with Gasteiger partial charge in [-0.15, -0.1) is 0 Å². The lowest BCUT2D eigenvalue weighted by molar-refractivity contribution is 0.154. The number of alkyl halides is 1. The first kappa shape index (κ1) is 28.3. The highest BCUT2D eigenvalue weighted by molar-refractivity contribution is 5.52. The van der Waals surface area contributed by atoms with E-state index in [0.717, 1.165) is 66.1 Å². The fraction of sp³-hybridized carbons (Fsp3) is 0.294. The van der Waals surface area contributed by atoms with E-state index in [2.05, 4.69) is 29.6 Å². The summed E-state index contributed by atoms with van der Waals surface area (Å²) in [5.41, 5.74) is 5.52. The molecule has 4 nitrogen and oxygen atoms in total. The maximum Gasteiger partial charge on any atom is 0.165 e. The van der Waals surface area contributed by atoms with Gasteiger partial charge in [0.15, 0.2) is 11.5 Å². The summed E-state index contributed by atoms with van der Waals surface area (Å²) in [7, 11) is 0. The van der Waals surface area contributed by atoms with Crippen LogP contribution in [0.4, 0.5) is 4.39 Å². The molecule has 1 aliphatic rings. The average molecular weight is 528 g/mol. The van der Waals surface area contributed by atoms with Crippen molar-refractivity contribution in [1.29, 1.82) is 0 Å². The highest BCUT2D eigenvalue weighted by atomic mass is 19.1. The second kappa shape index (κ2) is 15.7. The molecular weight excluding hydrogens is 489 g/mol. The number of nitrogens with one attached hydrogen (secondary N) is 1. The Balaban J connectivity index is 0.000000247. The SMILES string of the molecule is FCCCNCc1ccccc1.OC1CCCc2c1ccc(OCc1ccccc1)c2OCc1ccccc1. The quantitative estimate of drug-likeness (QED) is 0.200. The molecule has 0 spiro atoms. The van der Waals surface area contributed by atoms with Crippen LogP contribution in [0.15, 0.2) is 103 Å². The van der Waals surface area contributed by atoms with Gasteiger partial charge in [0.05, 0.1) is 12.8 Å². The summed E-state index contributed by atoms with van der Waals surface area (Å²) < 4.78 is 24.0.